The number of ketones is 1. The number of Topliss-reactive ketones (excluding diaryl/α,β-unsaturated/α-hetero) is 1. The highest BCUT2D eigenvalue weighted by atomic mass is 16.3. The van der Waals surface area contributed by atoms with Gasteiger partial charge in [0.15, 0.2) is 5.78 Å². The van der Waals surface area contributed by atoms with Crippen LogP contribution in [-0.2, 0) is 4.79 Å². The molecule has 4 aliphatic carbocycles. The molecule has 0 spiro atoms. The zero-order chi connectivity index (χ0) is 22.8. The lowest BCUT2D eigenvalue weighted by molar-refractivity contribution is -0.230. The Morgan fingerprint density at radius 1 is 0.968 bits per heavy atom. The van der Waals surface area contributed by atoms with E-state index in [1.165, 1.54) is 32.1 Å². The minimum absolute atomic E-state index is 0.00976. The van der Waals surface area contributed by atoms with E-state index in [1.807, 2.05) is 6.92 Å². The van der Waals surface area contributed by atoms with Gasteiger partial charge in [-0.25, -0.2) is 0 Å². The summed E-state index contributed by atoms with van der Waals surface area (Å²) in [4.78, 5) is 13.3. The van der Waals surface area contributed by atoms with Crippen molar-refractivity contribution in [1.29, 1.82) is 0 Å². The molecule has 0 aromatic heterocycles. The molecule has 0 aromatic carbocycles. The van der Waals surface area contributed by atoms with Gasteiger partial charge in [0, 0.05) is 18.3 Å². The van der Waals surface area contributed by atoms with Gasteiger partial charge in [0.05, 0.1) is 12.2 Å². The number of aliphatic hydroxyl groups excluding tert-OH is 2. The zero-order valence-electron chi connectivity index (χ0n) is 20.4. The lowest BCUT2D eigenvalue weighted by Gasteiger charge is -2.63. The van der Waals surface area contributed by atoms with Crippen LogP contribution in [0.5, 0.6) is 0 Å². The smallest absolute Gasteiger partial charge is 0.165 e. The van der Waals surface area contributed by atoms with Crippen LogP contribution in [0.1, 0.15) is 98.8 Å². The van der Waals surface area contributed by atoms with Gasteiger partial charge in [0.25, 0.3) is 0 Å². The van der Waals surface area contributed by atoms with Crippen molar-refractivity contribution in [2.45, 2.75) is 117 Å². The maximum atomic E-state index is 13.3. The maximum absolute atomic E-state index is 13.3. The quantitative estimate of drug-likeness (QED) is 0.584. The Morgan fingerprint density at radius 3 is 2.32 bits per heavy atom. The van der Waals surface area contributed by atoms with E-state index < -0.39 is 23.2 Å². The molecule has 4 fully saturated rings. The molecule has 0 saturated heterocycles. The standard InChI is InChI=1S/C27H46O4/c1-16(2)7-6-8-17(3)19-9-10-20-18-13-24(30)27(31)15-23(29)22(28)14-26(27,5)21(18)11-12-25(19,20)4/h16-23,28-29,31H,6-15H2,1-5H3/t17-,18+,19-,20+,21+,22+,23-,25-,26-,27+/m1/s1. The van der Waals surface area contributed by atoms with Crippen LogP contribution < -0.4 is 0 Å². The number of hydrogen-bond donors (Lipinski definition) is 3. The zero-order valence-corrected chi connectivity index (χ0v) is 20.4. The van der Waals surface area contributed by atoms with Gasteiger partial charge in [0.2, 0.25) is 0 Å². The van der Waals surface area contributed by atoms with Crippen LogP contribution in [0.4, 0.5) is 0 Å². The first-order chi connectivity index (χ1) is 14.4. The number of carbonyl (C=O) groups is 1. The summed E-state index contributed by atoms with van der Waals surface area (Å²) < 4.78 is 0. The Morgan fingerprint density at radius 2 is 1.65 bits per heavy atom. The van der Waals surface area contributed by atoms with Gasteiger partial charge >= 0.3 is 0 Å². The normalized spacial score (nSPS) is 50.7. The molecule has 3 N–H and O–H groups in total. The van der Waals surface area contributed by atoms with E-state index in [0.29, 0.717) is 24.7 Å². The second-order valence-corrected chi connectivity index (χ2v) is 12.9. The SMILES string of the molecule is CC(C)CCC[C@@H](C)[C@H]1CC[C@H]2[C@@H]3CC(=O)[C@@]4(O)C[C@@H](O)[C@@H](O)C[C@]4(C)[C@H]3CC[C@]12C. The molecule has 4 heteroatoms. The van der Waals surface area contributed by atoms with Gasteiger partial charge < -0.3 is 15.3 Å². The summed E-state index contributed by atoms with van der Waals surface area (Å²) in [6.07, 6.45) is 7.51. The predicted octanol–water partition coefficient (Wildman–Crippen LogP) is 4.73. The molecule has 4 aliphatic rings. The molecule has 0 aromatic rings. The van der Waals surface area contributed by atoms with Crippen molar-refractivity contribution in [3.8, 4) is 0 Å². The molecule has 10 atom stereocenters. The third-order valence-electron chi connectivity index (χ3n) is 10.9. The van der Waals surface area contributed by atoms with E-state index in [9.17, 15) is 20.1 Å². The van der Waals surface area contributed by atoms with E-state index in [4.69, 9.17) is 0 Å². The van der Waals surface area contributed by atoms with Crippen molar-refractivity contribution < 1.29 is 20.1 Å². The molecular weight excluding hydrogens is 388 g/mol. The molecule has 4 rings (SSSR count). The Kier molecular flexibility index (Phi) is 6.19. The minimum Gasteiger partial charge on any atom is -0.390 e. The summed E-state index contributed by atoms with van der Waals surface area (Å²) in [6.45, 7) is 11.6. The molecule has 0 amide bonds. The van der Waals surface area contributed by atoms with Crippen LogP contribution in [0, 0.1) is 46.3 Å². The summed E-state index contributed by atoms with van der Waals surface area (Å²) in [7, 11) is 0. The first-order valence-electron chi connectivity index (χ1n) is 13.1. The summed E-state index contributed by atoms with van der Waals surface area (Å²) >= 11 is 0. The van der Waals surface area contributed by atoms with Crippen molar-refractivity contribution in [3.63, 3.8) is 0 Å². The largest absolute Gasteiger partial charge is 0.390 e. The van der Waals surface area contributed by atoms with Crippen molar-refractivity contribution in [1.82, 2.24) is 0 Å². The summed E-state index contributed by atoms with van der Waals surface area (Å²) in [6, 6.07) is 0. The summed E-state index contributed by atoms with van der Waals surface area (Å²) in [5.74, 6) is 3.25. The molecule has 0 bridgehead atoms. The van der Waals surface area contributed by atoms with Gasteiger partial charge in [-0.2, -0.15) is 0 Å². The van der Waals surface area contributed by atoms with Crippen molar-refractivity contribution >= 4 is 5.78 Å². The highest BCUT2D eigenvalue weighted by Gasteiger charge is 2.68. The fourth-order valence-corrected chi connectivity index (χ4v) is 9.07. The number of carbonyl (C=O) groups excluding carboxylic acids is 1. The number of fused-ring (bicyclic) bond motifs is 5. The molecule has 4 nitrogen and oxygen atoms in total. The molecule has 178 valence electrons. The van der Waals surface area contributed by atoms with Crippen LogP contribution in [0.15, 0.2) is 0 Å². The van der Waals surface area contributed by atoms with E-state index in [0.717, 1.165) is 30.6 Å². The van der Waals surface area contributed by atoms with E-state index in [1.54, 1.807) is 0 Å². The number of hydrogen-bond acceptors (Lipinski definition) is 4. The summed E-state index contributed by atoms with van der Waals surface area (Å²) in [5.41, 5.74) is -1.83. The molecular formula is C27H46O4. The lowest BCUT2D eigenvalue weighted by atomic mass is 9.42. The Balaban J connectivity index is 1.56. The van der Waals surface area contributed by atoms with Crippen molar-refractivity contribution in [3.05, 3.63) is 0 Å². The lowest BCUT2D eigenvalue weighted by Crippen LogP contribution is -2.69. The van der Waals surface area contributed by atoms with Gasteiger partial charge in [-0.05, 0) is 73.0 Å². The van der Waals surface area contributed by atoms with Crippen molar-refractivity contribution in [2.75, 3.05) is 0 Å². The molecule has 0 aliphatic heterocycles. The van der Waals surface area contributed by atoms with E-state index >= 15 is 0 Å². The fraction of sp³-hybridized carbons (Fsp3) is 0.963. The topological polar surface area (TPSA) is 77.8 Å². The molecule has 4 saturated carbocycles. The Labute approximate surface area is 189 Å². The maximum Gasteiger partial charge on any atom is 0.165 e. The van der Waals surface area contributed by atoms with Gasteiger partial charge in [-0.1, -0.05) is 53.9 Å². The monoisotopic (exact) mass is 434 g/mol. The Hall–Kier alpha value is -0.450. The van der Waals surface area contributed by atoms with Crippen molar-refractivity contribution in [2.24, 2.45) is 46.3 Å². The van der Waals surface area contributed by atoms with Crippen LogP contribution in [-0.4, -0.2) is 38.9 Å². The van der Waals surface area contributed by atoms with E-state index in [2.05, 4.69) is 27.7 Å². The number of aliphatic hydroxyl groups is 3. The van der Waals surface area contributed by atoms with Crippen LogP contribution >= 0.6 is 0 Å². The van der Waals surface area contributed by atoms with Crippen LogP contribution in [0.3, 0.4) is 0 Å². The fourth-order valence-electron chi connectivity index (χ4n) is 9.07. The highest BCUT2D eigenvalue weighted by molar-refractivity contribution is 5.89. The average Bonchev–Trinajstić information content (AvgIpc) is 3.03. The molecule has 0 radical (unpaired) electrons. The number of rotatable bonds is 5. The highest BCUT2D eigenvalue weighted by Crippen LogP contribution is 2.68. The van der Waals surface area contributed by atoms with Gasteiger partial charge in [-0.3, -0.25) is 4.79 Å². The minimum atomic E-state index is -1.48. The first-order valence-corrected chi connectivity index (χ1v) is 13.1. The van der Waals surface area contributed by atoms with Crippen LogP contribution in [0.25, 0.3) is 0 Å². The van der Waals surface area contributed by atoms with Gasteiger partial charge in [-0.15, -0.1) is 0 Å². The predicted molar refractivity (Wildman–Crippen MR) is 122 cm³/mol. The molecule has 0 heterocycles. The van der Waals surface area contributed by atoms with Gasteiger partial charge in [0.1, 0.15) is 5.60 Å². The molecule has 31 heavy (non-hydrogen) atoms. The summed E-state index contributed by atoms with van der Waals surface area (Å²) in [5, 5.41) is 32.2. The second-order valence-electron chi connectivity index (χ2n) is 12.9. The Bertz CT molecular complexity index is 691. The second kappa shape index (κ2) is 8.09. The average molecular weight is 435 g/mol. The third kappa shape index (κ3) is 3.54. The van der Waals surface area contributed by atoms with E-state index in [-0.39, 0.29) is 23.5 Å². The van der Waals surface area contributed by atoms with Crippen LogP contribution in [0.2, 0.25) is 0 Å². The third-order valence-corrected chi connectivity index (χ3v) is 10.9. The first kappa shape index (κ1) is 23.7. The molecule has 0 unspecified atom stereocenters.